The van der Waals surface area contributed by atoms with E-state index in [-0.39, 0.29) is 6.54 Å². The van der Waals surface area contributed by atoms with E-state index in [4.69, 9.17) is 0 Å². The Balaban J connectivity index is 2.18. The first-order valence-electron chi connectivity index (χ1n) is 7.21. The molecule has 0 atom stereocenters. The number of hydrogen-bond acceptors (Lipinski definition) is 1. The normalized spacial score (nSPS) is 12.5. The molecule has 0 aliphatic carbocycles. The maximum Gasteiger partial charge on any atom is 0.390 e. The van der Waals surface area contributed by atoms with Crippen molar-refractivity contribution >= 4 is 10.9 Å². The van der Waals surface area contributed by atoms with Crippen molar-refractivity contribution < 1.29 is 13.2 Å². The van der Waals surface area contributed by atoms with Crippen LogP contribution in [0.5, 0.6) is 0 Å². The topological polar surface area (TPSA) is 17.0 Å². The van der Waals surface area contributed by atoms with Gasteiger partial charge in [-0.2, -0.15) is 13.2 Å². The van der Waals surface area contributed by atoms with Crippen molar-refractivity contribution in [2.75, 3.05) is 6.54 Å². The van der Waals surface area contributed by atoms with Gasteiger partial charge in [0.1, 0.15) is 0 Å². The maximum atomic E-state index is 12.4. The molecule has 0 radical (unpaired) electrons. The van der Waals surface area contributed by atoms with Crippen LogP contribution in [-0.4, -0.2) is 17.3 Å². The van der Waals surface area contributed by atoms with Gasteiger partial charge < -0.3 is 9.88 Å². The smallest absolute Gasteiger partial charge is 0.347 e. The summed E-state index contributed by atoms with van der Waals surface area (Å²) >= 11 is 0. The van der Waals surface area contributed by atoms with Crippen molar-refractivity contribution in [3.05, 3.63) is 36.0 Å². The third kappa shape index (κ3) is 4.49. The van der Waals surface area contributed by atoms with Crippen LogP contribution in [0.15, 0.2) is 30.5 Å². The molecule has 0 spiro atoms. The molecular formula is C16H21F3N2. The summed E-state index contributed by atoms with van der Waals surface area (Å²) in [5.41, 5.74) is 1.91. The molecule has 21 heavy (non-hydrogen) atoms. The van der Waals surface area contributed by atoms with Gasteiger partial charge in [0.2, 0.25) is 0 Å². The van der Waals surface area contributed by atoms with E-state index in [2.05, 4.69) is 19.2 Å². The van der Waals surface area contributed by atoms with Gasteiger partial charge in [0, 0.05) is 30.2 Å². The lowest BCUT2D eigenvalue weighted by Crippen LogP contribution is -2.18. The molecule has 0 saturated heterocycles. The first-order chi connectivity index (χ1) is 9.87. The van der Waals surface area contributed by atoms with Crippen LogP contribution in [0.1, 0.15) is 25.8 Å². The van der Waals surface area contributed by atoms with Gasteiger partial charge in [-0.1, -0.05) is 32.0 Å². The molecule has 2 aromatic rings. The van der Waals surface area contributed by atoms with Crippen LogP contribution < -0.4 is 5.32 Å². The van der Waals surface area contributed by atoms with Crippen LogP contribution in [0.3, 0.4) is 0 Å². The first-order valence-corrected chi connectivity index (χ1v) is 7.21. The summed E-state index contributed by atoms with van der Waals surface area (Å²) in [6.07, 6.45) is -3.09. The maximum absolute atomic E-state index is 12.4. The second-order valence-corrected chi connectivity index (χ2v) is 5.75. The highest BCUT2D eigenvalue weighted by molar-refractivity contribution is 5.83. The number of rotatable bonds is 6. The number of halogens is 3. The summed E-state index contributed by atoms with van der Waals surface area (Å²) in [5.74, 6) is 0.545. The van der Waals surface area contributed by atoms with E-state index in [0.717, 1.165) is 23.0 Å². The Labute approximate surface area is 122 Å². The second-order valence-electron chi connectivity index (χ2n) is 5.75. The highest BCUT2D eigenvalue weighted by atomic mass is 19.4. The van der Waals surface area contributed by atoms with Crippen molar-refractivity contribution in [3.63, 3.8) is 0 Å². The molecule has 0 saturated carbocycles. The molecule has 0 aliphatic rings. The Bertz CT molecular complexity index is 585. The molecule has 0 amide bonds. The fourth-order valence-corrected chi connectivity index (χ4v) is 2.39. The first kappa shape index (κ1) is 15.9. The second kappa shape index (κ2) is 6.52. The number of aryl methyl sites for hydroxylation is 1. The molecule has 0 unspecified atom stereocenters. The number of hydrogen-bond donors (Lipinski definition) is 1. The van der Waals surface area contributed by atoms with E-state index in [0.29, 0.717) is 12.5 Å². The SMILES string of the molecule is CC(C)CNCc1cn(CCC(F)(F)F)c2ccccc12. The standard InChI is InChI=1S/C16H21F3N2/c1-12(2)9-20-10-13-11-21(8-7-16(17,18)19)15-6-4-3-5-14(13)15/h3-6,11-12,20H,7-10H2,1-2H3. The lowest BCUT2D eigenvalue weighted by molar-refractivity contribution is -0.136. The number of fused-ring (bicyclic) bond motifs is 1. The van der Waals surface area contributed by atoms with Crippen LogP contribution >= 0.6 is 0 Å². The zero-order chi connectivity index (χ0) is 15.5. The van der Waals surface area contributed by atoms with Crippen molar-refractivity contribution in [1.29, 1.82) is 0 Å². The Hall–Kier alpha value is -1.49. The van der Waals surface area contributed by atoms with Gasteiger partial charge in [-0.05, 0) is 24.1 Å². The molecule has 1 heterocycles. The summed E-state index contributed by atoms with van der Waals surface area (Å²) in [7, 11) is 0. The van der Waals surface area contributed by atoms with E-state index in [1.165, 1.54) is 0 Å². The zero-order valence-electron chi connectivity index (χ0n) is 12.4. The van der Waals surface area contributed by atoms with Crippen LogP contribution in [0.2, 0.25) is 0 Å². The van der Waals surface area contributed by atoms with Gasteiger partial charge in [-0.15, -0.1) is 0 Å². The van der Waals surface area contributed by atoms with Crippen LogP contribution in [-0.2, 0) is 13.1 Å². The summed E-state index contributed by atoms with van der Waals surface area (Å²) < 4.78 is 38.9. The fraction of sp³-hybridized carbons (Fsp3) is 0.500. The quantitative estimate of drug-likeness (QED) is 0.839. The molecule has 1 aromatic carbocycles. The minimum atomic E-state index is -4.12. The Morgan fingerprint density at radius 2 is 1.90 bits per heavy atom. The molecule has 1 aromatic heterocycles. The number of benzene rings is 1. The van der Waals surface area contributed by atoms with E-state index < -0.39 is 12.6 Å². The number of aromatic nitrogens is 1. The van der Waals surface area contributed by atoms with Gasteiger partial charge in [0.25, 0.3) is 0 Å². The average Bonchev–Trinajstić information content (AvgIpc) is 2.74. The van der Waals surface area contributed by atoms with E-state index in [9.17, 15) is 13.2 Å². The van der Waals surface area contributed by atoms with Gasteiger partial charge in [-0.25, -0.2) is 0 Å². The number of nitrogens with zero attached hydrogens (tertiary/aromatic N) is 1. The fourth-order valence-electron chi connectivity index (χ4n) is 2.39. The van der Waals surface area contributed by atoms with E-state index in [1.54, 1.807) is 4.57 Å². The minimum Gasteiger partial charge on any atom is -0.347 e. The third-order valence-electron chi connectivity index (χ3n) is 3.38. The lowest BCUT2D eigenvalue weighted by Gasteiger charge is -2.08. The van der Waals surface area contributed by atoms with Crippen molar-refractivity contribution in [2.45, 2.75) is 39.5 Å². The van der Waals surface area contributed by atoms with Crippen molar-refractivity contribution in [3.8, 4) is 0 Å². The molecule has 116 valence electrons. The van der Waals surface area contributed by atoms with Crippen LogP contribution in [0.25, 0.3) is 10.9 Å². The molecular weight excluding hydrogens is 277 g/mol. The number of alkyl halides is 3. The van der Waals surface area contributed by atoms with Crippen molar-refractivity contribution in [2.24, 2.45) is 5.92 Å². The van der Waals surface area contributed by atoms with E-state index in [1.807, 2.05) is 30.5 Å². The van der Waals surface area contributed by atoms with Gasteiger partial charge in [-0.3, -0.25) is 0 Å². The molecule has 0 fully saturated rings. The highest BCUT2D eigenvalue weighted by Crippen LogP contribution is 2.25. The average molecular weight is 298 g/mol. The summed E-state index contributed by atoms with van der Waals surface area (Å²) in [6.45, 7) is 5.78. The number of nitrogens with one attached hydrogen (secondary N) is 1. The Kier molecular flexibility index (Phi) is 4.93. The van der Waals surface area contributed by atoms with Gasteiger partial charge in [0.05, 0.1) is 6.42 Å². The number of para-hydroxylation sites is 1. The predicted octanol–water partition coefficient (Wildman–Crippen LogP) is 4.34. The molecule has 0 bridgehead atoms. The largest absolute Gasteiger partial charge is 0.390 e. The molecule has 2 rings (SSSR count). The highest BCUT2D eigenvalue weighted by Gasteiger charge is 2.27. The summed E-state index contributed by atoms with van der Waals surface area (Å²) in [5, 5.41) is 4.37. The Morgan fingerprint density at radius 3 is 2.57 bits per heavy atom. The van der Waals surface area contributed by atoms with Crippen molar-refractivity contribution in [1.82, 2.24) is 9.88 Å². The zero-order valence-corrected chi connectivity index (χ0v) is 12.4. The predicted molar refractivity (Wildman–Crippen MR) is 79.2 cm³/mol. The van der Waals surface area contributed by atoms with Crippen LogP contribution in [0.4, 0.5) is 13.2 Å². The Morgan fingerprint density at radius 1 is 1.19 bits per heavy atom. The van der Waals surface area contributed by atoms with Gasteiger partial charge in [0.15, 0.2) is 0 Å². The molecule has 0 aliphatic heterocycles. The molecule has 1 N–H and O–H groups in total. The molecule has 5 heteroatoms. The van der Waals surface area contributed by atoms with Gasteiger partial charge >= 0.3 is 6.18 Å². The third-order valence-corrected chi connectivity index (χ3v) is 3.38. The summed E-state index contributed by atoms with van der Waals surface area (Å²) in [6, 6.07) is 7.61. The molecule has 2 nitrogen and oxygen atoms in total. The minimum absolute atomic E-state index is 0.0335. The summed E-state index contributed by atoms with van der Waals surface area (Å²) in [4.78, 5) is 0. The van der Waals surface area contributed by atoms with Crippen LogP contribution in [0, 0.1) is 5.92 Å². The van der Waals surface area contributed by atoms with E-state index >= 15 is 0 Å². The monoisotopic (exact) mass is 298 g/mol. The lowest BCUT2D eigenvalue weighted by atomic mass is 10.1.